The molecule has 2 aliphatic heterocycles. The Bertz CT molecular complexity index is 1630. The number of fused-ring (bicyclic) bond motifs is 1. The minimum atomic E-state index is -5.11. The van der Waals surface area contributed by atoms with Gasteiger partial charge < -0.3 is 69.3 Å². The number of carbonyl (C=O) groups excluding carboxylic acids is 1. The molecule has 0 saturated carbocycles. The van der Waals surface area contributed by atoms with E-state index in [-0.39, 0.29) is 11.4 Å². The molecule has 240 valence electrons. The first-order valence-corrected chi connectivity index (χ1v) is 16.5. The maximum Gasteiger partial charge on any atom is 0.336 e. The molecule has 2 fully saturated rings. The van der Waals surface area contributed by atoms with Crippen molar-refractivity contribution in [2.75, 3.05) is 24.9 Å². The van der Waals surface area contributed by atoms with E-state index in [1.54, 1.807) is 6.07 Å². The Balaban J connectivity index is 1.16. The molecule has 3 aromatic heterocycles. The van der Waals surface area contributed by atoms with Crippen LogP contribution in [0.2, 0.25) is 0 Å². The first-order chi connectivity index (χ1) is 20.7. The molecule has 3 aromatic rings. The highest BCUT2D eigenvalue weighted by Gasteiger charge is 2.49. The molecule has 1 amide bonds. The van der Waals surface area contributed by atoms with Crippen molar-refractivity contribution >= 4 is 37.9 Å². The summed E-state index contributed by atoms with van der Waals surface area (Å²) < 4.78 is 48.6. The lowest BCUT2D eigenvalue weighted by molar-refractivity contribution is -0.765. The van der Waals surface area contributed by atoms with E-state index in [2.05, 4.69) is 9.97 Å². The zero-order chi connectivity index (χ0) is 32.0. The Morgan fingerprint density at radius 1 is 1.05 bits per heavy atom. The highest BCUT2D eigenvalue weighted by Crippen LogP contribution is 2.56. The van der Waals surface area contributed by atoms with Crippen LogP contribution in [0, 0.1) is 0 Å². The van der Waals surface area contributed by atoms with Gasteiger partial charge in [-0.05, 0) is 12.1 Å². The zero-order valence-electron chi connectivity index (χ0n) is 22.6. The van der Waals surface area contributed by atoms with Crippen LogP contribution in [0.1, 0.15) is 22.8 Å². The molecular formula is C23H30N6O13P2. The van der Waals surface area contributed by atoms with E-state index >= 15 is 0 Å². The van der Waals surface area contributed by atoms with Crippen molar-refractivity contribution in [1.82, 2.24) is 14.5 Å². The van der Waals surface area contributed by atoms with E-state index in [0.29, 0.717) is 11.0 Å². The van der Waals surface area contributed by atoms with Crippen LogP contribution in [0.25, 0.3) is 11.0 Å². The van der Waals surface area contributed by atoms with Gasteiger partial charge in [0.15, 0.2) is 30.5 Å². The maximum absolute atomic E-state index is 12.6. The summed E-state index contributed by atoms with van der Waals surface area (Å²) in [5, 5.41) is 41.8. The number of ether oxygens (including phenoxy) is 2. The Hall–Kier alpha value is -2.90. The van der Waals surface area contributed by atoms with Gasteiger partial charge >= 0.3 is 7.60 Å². The highest BCUT2D eigenvalue weighted by molar-refractivity contribution is 7.69. The number of nitrogens with two attached hydrogens (primary N) is 2. The number of aliphatic hydroxyl groups excluding tert-OH is 4. The molecule has 2 unspecified atom stereocenters. The van der Waals surface area contributed by atoms with Crippen LogP contribution in [-0.4, -0.2) is 102 Å². The third-order valence-corrected chi connectivity index (χ3v) is 11.0. The van der Waals surface area contributed by atoms with E-state index in [0.717, 1.165) is 0 Å². The molecule has 19 nitrogen and oxygen atoms in total. The number of aliphatic hydroxyl groups is 4. The summed E-state index contributed by atoms with van der Waals surface area (Å²) in [6.45, 7) is -1.61. The van der Waals surface area contributed by atoms with E-state index in [4.69, 9.17) is 30.0 Å². The Kier molecular flexibility index (Phi) is 9.21. The SMILES string of the molecule is NC(=O)c1ccc[n+]([C@@H]2O[C@H](COP(=O)([O-])CP(=O)(O)OC[C@H]3O[C@@H](n4cnc5c(N)nccc54)[C@H](O)[C@@H]3O)[C@@H](O)[C@H]2O)c1. The quantitative estimate of drug-likeness (QED) is 0.0800. The maximum atomic E-state index is 12.6. The molecule has 5 heterocycles. The molecule has 2 aliphatic rings. The van der Waals surface area contributed by atoms with Gasteiger partial charge in [-0.25, -0.2) is 9.97 Å². The van der Waals surface area contributed by atoms with E-state index in [9.17, 15) is 44.1 Å². The molecule has 5 rings (SSSR count). The molecule has 0 aliphatic carbocycles. The summed E-state index contributed by atoms with van der Waals surface area (Å²) in [4.78, 5) is 42.2. The molecule has 10 atom stereocenters. The van der Waals surface area contributed by atoms with E-state index in [1.165, 1.54) is 46.2 Å². The van der Waals surface area contributed by atoms with Gasteiger partial charge in [-0.3, -0.25) is 9.36 Å². The monoisotopic (exact) mass is 660 g/mol. The largest absolute Gasteiger partial charge is 0.778 e. The normalized spacial score (nSPS) is 31.6. The van der Waals surface area contributed by atoms with Gasteiger partial charge in [-0.1, -0.05) is 0 Å². The van der Waals surface area contributed by atoms with Crippen molar-refractivity contribution in [2.24, 2.45) is 5.73 Å². The average Bonchev–Trinajstić information content (AvgIpc) is 3.61. The third kappa shape index (κ3) is 6.69. The summed E-state index contributed by atoms with van der Waals surface area (Å²) >= 11 is 0. The van der Waals surface area contributed by atoms with Gasteiger partial charge in [-0.2, -0.15) is 4.57 Å². The van der Waals surface area contributed by atoms with Gasteiger partial charge in [-0.15, -0.1) is 0 Å². The van der Waals surface area contributed by atoms with Crippen LogP contribution in [0.15, 0.2) is 43.1 Å². The smallest absolute Gasteiger partial charge is 0.336 e. The van der Waals surface area contributed by atoms with Crippen molar-refractivity contribution in [1.29, 1.82) is 0 Å². The number of primary amides is 1. The summed E-state index contributed by atoms with van der Waals surface area (Å²) in [5.74, 6) is -2.12. The first kappa shape index (κ1) is 32.5. The number of imidazole rings is 1. The number of nitrogens with zero attached hydrogens (tertiary/aromatic N) is 4. The van der Waals surface area contributed by atoms with Crippen molar-refractivity contribution < 1.29 is 67.2 Å². The number of aromatic nitrogens is 4. The molecule has 21 heteroatoms. The molecule has 0 spiro atoms. The Morgan fingerprint density at radius 2 is 1.73 bits per heavy atom. The van der Waals surface area contributed by atoms with Crippen LogP contribution in [-0.2, 0) is 27.7 Å². The second kappa shape index (κ2) is 12.5. The van der Waals surface area contributed by atoms with Crippen molar-refractivity contribution in [3.8, 4) is 0 Å². The van der Waals surface area contributed by atoms with Crippen LogP contribution >= 0.6 is 15.2 Å². The predicted molar refractivity (Wildman–Crippen MR) is 143 cm³/mol. The molecule has 44 heavy (non-hydrogen) atoms. The second-order valence-corrected chi connectivity index (χ2v) is 14.3. The van der Waals surface area contributed by atoms with Crippen LogP contribution in [0.5, 0.6) is 0 Å². The molecule has 0 bridgehead atoms. The average molecular weight is 660 g/mol. The van der Waals surface area contributed by atoms with Gasteiger partial charge in [0.1, 0.15) is 55.1 Å². The number of nitrogen functional groups attached to an aromatic ring is 1. The molecule has 2 saturated heterocycles. The molecule has 0 radical (unpaired) electrons. The van der Waals surface area contributed by atoms with Crippen molar-refractivity contribution in [3.63, 3.8) is 0 Å². The lowest BCUT2D eigenvalue weighted by atomic mass is 10.1. The minimum absolute atomic E-state index is 0.0822. The van der Waals surface area contributed by atoms with Crippen LogP contribution in [0.4, 0.5) is 5.82 Å². The fraction of sp³-hybridized carbons (Fsp3) is 0.478. The predicted octanol–water partition coefficient (Wildman–Crippen LogP) is -2.93. The van der Waals surface area contributed by atoms with Gasteiger partial charge in [0.2, 0.25) is 0 Å². The number of pyridine rings is 2. The fourth-order valence-corrected chi connectivity index (χ4v) is 8.03. The topological polar surface area (TPSA) is 299 Å². The molecule has 0 aromatic carbocycles. The lowest BCUT2D eigenvalue weighted by Gasteiger charge is -2.27. The summed E-state index contributed by atoms with van der Waals surface area (Å²) in [7, 11) is -10.0. The molecular weight excluding hydrogens is 630 g/mol. The number of carbonyl (C=O) groups is 1. The Labute approximate surface area is 248 Å². The van der Waals surface area contributed by atoms with E-state index < -0.39 is 89.3 Å². The number of hydrogen-bond donors (Lipinski definition) is 7. The summed E-state index contributed by atoms with van der Waals surface area (Å²) in [6, 6.07) is 4.41. The van der Waals surface area contributed by atoms with Crippen molar-refractivity contribution in [3.05, 3.63) is 48.7 Å². The number of hydrogen-bond acceptors (Lipinski definition) is 15. The fourth-order valence-electron chi connectivity index (χ4n) is 4.87. The van der Waals surface area contributed by atoms with Crippen molar-refractivity contribution in [2.45, 2.75) is 49.1 Å². The van der Waals surface area contributed by atoms with Crippen LogP contribution in [0.3, 0.4) is 0 Å². The lowest BCUT2D eigenvalue weighted by Crippen LogP contribution is -2.46. The van der Waals surface area contributed by atoms with Gasteiger partial charge in [0, 0.05) is 12.3 Å². The molecule has 9 N–H and O–H groups in total. The number of anilines is 1. The first-order valence-electron chi connectivity index (χ1n) is 13.0. The zero-order valence-corrected chi connectivity index (χ0v) is 24.4. The standard InChI is InChI=1S/C23H30N6O13P2/c24-20-15-12(3-4-26-20)29(9-27-15)23-19(33)17(31)14(42-23)8-40-44(37,38)10-43(35,36)39-7-13-16(30)18(32)22(41-13)28-5-1-2-11(6-28)21(25)34/h1-6,9,13-14,16-19,22-23,30-33H,7-8,10H2,(H5-,24,25,26,34,35,36,37,38)/t13-,14-,16-,17-,18-,19-,22-,23-/m1/s1. The third-order valence-electron chi connectivity index (χ3n) is 7.10. The van der Waals surface area contributed by atoms with Crippen LogP contribution < -0.4 is 20.9 Å². The second-order valence-electron chi connectivity index (χ2n) is 10.2. The highest BCUT2D eigenvalue weighted by atomic mass is 31.2. The summed E-state index contributed by atoms with van der Waals surface area (Å²) in [6.07, 6.45) is -6.04. The minimum Gasteiger partial charge on any atom is -0.778 e. The van der Waals surface area contributed by atoms with E-state index in [1.807, 2.05) is 0 Å². The van der Waals surface area contributed by atoms with Gasteiger partial charge in [0.05, 0.1) is 25.1 Å². The Morgan fingerprint density at radius 3 is 2.45 bits per heavy atom. The number of amides is 1. The number of rotatable bonds is 11. The van der Waals surface area contributed by atoms with Gasteiger partial charge in [0.25, 0.3) is 12.1 Å². The summed E-state index contributed by atoms with van der Waals surface area (Å²) in [5.41, 5.74) is 11.9.